The van der Waals surface area contributed by atoms with Crippen LogP contribution < -0.4 is 5.73 Å². The summed E-state index contributed by atoms with van der Waals surface area (Å²) < 4.78 is 17.7. The van der Waals surface area contributed by atoms with Gasteiger partial charge in [0.15, 0.2) is 0 Å². The third kappa shape index (κ3) is 1.58. The molecular weight excluding hydrogens is 213 g/mol. The van der Waals surface area contributed by atoms with Gasteiger partial charge in [-0.15, -0.1) is 0 Å². The van der Waals surface area contributed by atoms with Crippen LogP contribution in [0.25, 0.3) is 0 Å². The molecule has 1 heterocycles. The van der Waals surface area contributed by atoms with Crippen LogP contribution in [-0.4, -0.2) is 24.3 Å². The number of carboxylic acid groups (broad SMARTS) is 1. The topological polar surface area (TPSA) is 72.6 Å². The summed E-state index contributed by atoms with van der Waals surface area (Å²) in [5.41, 5.74) is 5.44. The van der Waals surface area contributed by atoms with E-state index in [2.05, 4.69) is 0 Å². The van der Waals surface area contributed by atoms with Crippen molar-refractivity contribution >= 4 is 5.97 Å². The maximum atomic E-state index is 12.7. The Kier molecular flexibility index (Phi) is 2.65. The average Bonchev–Trinajstić information content (AvgIpc) is 2.16. The fourth-order valence-corrected chi connectivity index (χ4v) is 1.75. The third-order valence-electron chi connectivity index (χ3n) is 2.97. The number of nitrogens with two attached hydrogens (primary N) is 1. The molecule has 0 saturated carbocycles. The molecule has 16 heavy (non-hydrogen) atoms. The van der Waals surface area contributed by atoms with Crippen LogP contribution in [-0.2, 0) is 9.53 Å². The summed E-state index contributed by atoms with van der Waals surface area (Å²) in [4.78, 5) is 11.2. The van der Waals surface area contributed by atoms with Crippen LogP contribution in [0, 0.1) is 11.2 Å². The van der Waals surface area contributed by atoms with Crippen molar-refractivity contribution in [1.29, 1.82) is 0 Å². The van der Waals surface area contributed by atoms with Crippen LogP contribution in [0.15, 0.2) is 24.3 Å². The van der Waals surface area contributed by atoms with E-state index in [0.29, 0.717) is 5.56 Å². The second-order valence-electron chi connectivity index (χ2n) is 3.98. The Morgan fingerprint density at radius 1 is 1.44 bits per heavy atom. The molecule has 1 fully saturated rings. The predicted molar refractivity (Wildman–Crippen MR) is 54.2 cm³/mol. The van der Waals surface area contributed by atoms with Crippen molar-refractivity contribution in [2.75, 3.05) is 13.2 Å². The van der Waals surface area contributed by atoms with Crippen molar-refractivity contribution in [1.82, 2.24) is 0 Å². The molecule has 0 bridgehead atoms. The van der Waals surface area contributed by atoms with E-state index in [1.807, 2.05) is 0 Å². The van der Waals surface area contributed by atoms with E-state index in [1.54, 1.807) is 0 Å². The van der Waals surface area contributed by atoms with E-state index < -0.39 is 17.4 Å². The highest BCUT2D eigenvalue weighted by Crippen LogP contribution is 2.39. The predicted octanol–water partition coefficient (Wildman–Crippen LogP) is 0.927. The molecule has 0 radical (unpaired) electrons. The van der Waals surface area contributed by atoms with Crippen LogP contribution in [0.1, 0.15) is 11.6 Å². The molecule has 1 atom stereocenters. The first-order chi connectivity index (χ1) is 7.56. The second-order valence-corrected chi connectivity index (χ2v) is 3.98. The highest BCUT2D eigenvalue weighted by molar-refractivity contribution is 5.77. The lowest BCUT2D eigenvalue weighted by atomic mass is 9.76. The summed E-state index contributed by atoms with van der Waals surface area (Å²) >= 11 is 0. The van der Waals surface area contributed by atoms with E-state index in [-0.39, 0.29) is 19.0 Å². The number of ether oxygens (including phenoxy) is 1. The Bertz CT molecular complexity index is 400. The van der Waals surface area contributed by atoms with Gasteiger partial charge in [-0.1, -0.05) is 12.1 Å². The Hall–Kier alpha value is -1.46. The lowest BCUT2D eigenvalue weighted by Crippen LogP contribution is -2.55. The standard InChI is InChI=1S/C11H12FNO3/c12-8-3-1-7(2-4-8)9(13)11(10(14)15)5-16-6-11/h1-4,9H,5-6,13H2,(H,14,15). The molecule has 1 saturated heterocycles. The van der Waals surface area contributed by atoms with Crippen molar-refractivity contribution in [3.63, 3.8) is 0 Å². The molecule has 86 valence electrons. The van der Waals surface area contributed by atoms with Gasteiger partial charge in [-0.2, -0.15) is 0 Å². The molecule has 0 aromatic heterocycles. The number of hydrogen-bond acceptors (Lipinski definition) is 3. The number of carboxylic acids is 1. The lowest BCUT2D eigenvalue weighted by molar-refractivity contribution is -0.184. The van der Waals surface area contributed by atoms with Crippen LogP contribution in [0.2, 0.25) is 0 Å². The smallest absolute Gasteiger partial charge is 0.316 e. The molecule has 3 N–H and O–H groups in total. The fraction of sp³-hybridized carbons (Fsp3) is 0.364. The molecule has 5 heteroatoms. The molecule has 1 aliphatic heterocycles. The number of aliphatic carboxylic acids is 1. The third-order valence-corrected chi connectivity index (χ3v) is 2.97. The van der Waals surface area contributed by atoms with Gasteiger partial charge < -0.3 is 15.6 Å². The van der Waals surface area contributed by atoms with E-state index in [1.165, 1.54) is 24.3 Å². The maximum Gasteiger partial charge on any atom is 0.316 e. The largest absolute Gasteiger partial charge is 0.481 e. The SMILES string of the molecule is NC(c1ccc(F)cc1)C1(C(=O)O)COC1. The van der Waals surface area contributed by atoms with Gasteiger partial charge in [0, 0.05) is 0 Å². The second kappa shape index (κ2) is 3.84. The van der Waals surface area contributed by atoms with Gasteiger partial charge in [0.05, 0.1) is 19.3 Å². The van der Waals surface area contributed by atoms with Crippen LogP contribution in [0.3, 0.4) is 0 Å². The zero-order valence-electron chi connectivity index (χ0n) is 8.52. The Morgan fingerprint density at radius 3 is 2.38 bits per heavy atom. The van der Waals surface area contributed by atoms with E-state index in [4.69, 9.17) is 15.6 Å². The maximum absolute atomic E-state index is 12.7. The zero-order valence-corrected chi connectivity index (χ0v) is 8.52. The average molecular weight is 225 g/mol. The summed E-state index contributed by atoms with van der Waals surface area (Å²) in [6.07, 6.45) is 0. The number of hydrogen-bond donors (Lipinski definition) is 2. The first kappa shape index (κ1) is 11.0. The van der Waals surface area contributed by atoms with E-state index in [9.17, 15) is 9.18 Å². The molecular formula is C11H12FNO3. The van der Waals surface area contributed by atoms with Crippen LogP contribution in [0.5, 0.6) is 0 Å². The van der Waals surface area contributed by atoms with Crippen LogP contribution >= 0.6 is 0 Å². The molecule has 0 amide bonds. The Morgan fingerprint density at radius 2 is 2.00 bits per heavy atom. The highest BCUT2D eigenvalue weighted by atomic mass is 19.1. The minimum absolute atomic E-state index is 0.0981. The summed E-state index contributed by atoms with van der Waals surface area (Å²) in [5, 5.41) is 9.14. The molecule has 2 rings (SSSR count). The van der Waals surface area contributed by atoms with Crippen molar-refractivity contribution in [3.05, 3.63) is 35.6 Å². The van der Waals surface area contributed by atoms with Gasteiger partial charge in [-0.05, 0) is 17.7 Å². The Labute approximate surface area is 91.8 Å². The minimum Gasteiger partial charge on any atom is -0.481 e. The van der Waals surface area contributed by atoms with Gasteiger partial charge in [-0.25, -0.2) is 4.39 Å². The lowest BCUT2D eigenvalue weighted by Gasteiger charge is -2.41. The minimum atomic E-state index is -1.07. The number of rotatable bonds is 3. The molecule has 1 aromatic rings. The highest BCUT2D eigenvalue weighted by Gasteiger charge is 2.51. The Balaban J connectivity index is 2.27. The first-order valence-electron chi connectivity index (χ1n) is 4.88. The van der Waals surface area contributed by atoms with Gasteiger partial charge in [0.1, 0.15) is 11.2 Å². The van der Waals surface area contributed by atoms with Gasteiger partial charge >= 0.3 is 5.97 Å². The molecule has 0 spiro atoms. The number of benzene rings is 1. The van der Waals surface area contributed by atoms with E-state index in [0.717, 1.165) is 0 Å². The number of halogens is 1. The summed E-state index contributed by atoms with van der Waals surface area (Å²) in [6, 6.07) is 4.86. The van der Waals surface area contributed by atoms with Crippen molar-refractivity contribution in [2.24, 2.45) is 11.1 Å². The molecule has 1 aromatic carbocycles. The van der Waals surface area contributed by atoms with E-state index >= 15 is 0 Å². The molecule has 1 unspecified atom stereocenters. The summed E-state index contributed by atoms with van der Waals surface area (Å²) in [6.45, 7) is 0.196. The monoisotopic (exact) mass is 225 g/mol. The summed E-state index contributed by atoms with van der Waals surface area (Å²) in [7, 11) is 0. The number of carbonyl (C=O) groups is 1. The first-order valence-corrected chi connectivity index (χ1v) is 4.88. The molecule has 4 nitrogen and oxygen atoms in total. The quantitative estimate of drug-likeness (QED) is 0.802. The van der Waals surface area contributed by atoms with Crippen LogP contribution in [0.4, 0.5) is 4.39 Å². The van der Waals surface area contributed by atoms with Crippen molar-refractivity contribution < 1.29 is 19.0 Å². The van der Waals surface area contributed by atoms with Gasteiger partial charge in [-0.3, -0.25) is 4.79 Å². The summed E-state index contributed by atoms with van der Waals surface area (Å²) in [5.74, 6) is -1.35. The van der Waals surface area contributed by atoms with Gasteiger partial charge in [0.25, 0.3) is 0 Å². The fourth-order valence-electron chi connectivity index (χ4n) is 1.75. The van der Waals surface area contributed by atoms with Crippen molar-refractivity contribution in [3.8, 4) is 0 Å². The molecule has 0 aliphatic carbocycles. The van der Waals surface area contributed by atoms with Crippen molar-refractivity contribution in [2.45, 2.75) is 6.04 Å². The normalized spacial score (nSPS) is 19.9. The zero-order chi connectivity index (χ0) is 11.8. The molecule has 1 aliphatic rings. The van der Waals surface area contributed by atoms with Gasteiger partial charge in [0.2, 0.25) is 0 Å².